The minimum Gasteiger partial charge on any atom is -0.279 e. The summed E-state index contributed by atoms with van der Waals surface area (Å²) in [5, 5.41) is 0.955. The van der Waals surface area contributed by atoms with Gasteiger partial charge in [-0.15, -0.1) is 11.3 Å². The van der Waals surface area contributed by atoms with E-state index in [2.05, 4.69) is 23.6 Å². The molecule has 3 aromatic rings. The first-order valence-electron chi connectivity index (χ1n) is 7.03. The van der Waals surface area contributed by atoms with Gasteiger partial charge in [-0.1, -0.05) is 37.6 Å². The van der Waals surface area contributed by atoms with E-state index in [1.807, 2.05) is 12.1 Å². The Morgan fingerprint density at radius 3 is 2.48 bits per heavy atom. The summed E-state index contributed by atoms with van der Waals surface area (Å²) in [4.78, 5) is 3.97. The summed E-state index contributed by atoms with van der Waals surface area (Å²) in [6.45, 7) is 4.18. The third kappa shape index (κ3) is 3.34. The number of sulfonamides is 1. The first-order valence-corrected chi connectivity index (χ1v) is 9.71. The number of pyridine rings is 1. The van der Waals surface area contributed by atoms with Gasteiger partial charge in [0.05, 0.1) is 0 Å². The second kappa shape index (κ2) is 6.11. The van der Waals surface area contributed by atoms with E-state index in [1.165, 1.54) is 11.3 Å². The number of rotatable bonds is 4. The highest BCUT2D eigenvalue weighted by Crippen LogP contribution is 2.33. The summed E-state index contributed by atoms with van der Waals surface area (Å²) in [5.74, 6) is 0.401. The SMILES string of the molecule is CC(C)c1ccc(NS(=O)(=O)c2cc3c(Cl)nccc3s2)cc1. The van der Waals surface area contributed by atoms with Gasteiger partial charge in [-0.2, -0.15) is 0 Å². The van der Waals surface area contributed by atoms with Gasteiger partial charge < -0.3 is 0 Å². The Labute approximate surface area is 144 Å². The van der Waals surface area contributed by atoms with Gasteiger partial charge in [-0.25, -0.2) is 13.4 Å². The molecule has 3 rings (SSSR count). The number of anilines is 1. The molecule has 7 heteroatoms. The lowest BCUT2D eigenvalue weighted by molar-refractivity contribution is 0.603. The van der Waals surface area contributed by atoms with Crippen LogP contribution in [-0.2, 0) is 10.0 Å². The number of thiophene rings is 1. The molecule has 23 heavy (non-hydrogen) atoms. The number of halogens is 1. The van der Waals surface area contributed by atoms with E-state index >= 15 is 0 Å². The molecule has 0 aliphatic heterocycles. The molecule has 0 saturated carbocycles. The molecule has 4 nitrogen and oxygen atoms in total. The molecular formula is C16H15ClN2O2S2. The molecule has 120 valence electrons. The average Bonchev–Trinajstić information content (AvgIpc) is 2.94. The van der Waals surface area contributed by atoms with E-state index in [1.54, 1.807) is 30.5 Å². The summed E-state index contributed by atoms with van der Waals surface area (Å²) in [5.41, 5.74) is 1.70. The summed E-state index contributed by atoms with van der Waals surface area (Å²) < 4.78 is 28.7. The van der Waals surface area contributed by atoms with Crippen LogP contribution in [0.2, 0.25) is 5.15 Å². The molecule has 0 bridgehead atoms. The molecule has 0 atom stereocenters. The fraction of sp³-hybridized carbons (Fsp3) is 0.188. The molecule has 0 radical (unpaired) electrons. The lowest BCUT2D eigenvalue weighted by atomic mass is 10.0. The first-order chi connectivity index (χ1) is 10.9. The van der Waals surface area contributed by atoms with Gasteiger partial charge in [0.25, 0.3) is 10.0 Å². The smallest absolute Gasteiger partial charge is 0.271 e. The molecule has 2 aromatic heterocycles. The Hall–Kier alpha value is -1.63. The van der Waals surface area contributed by atoms with Gasteiger partial charge in [0.2, 0.25) is 0 Å². The van der Waals surface area contributed by atoms with Crippen molar-refractivity contribution in [3.05, 3.63) is 53.3 Å². The van der Waals surface area contributed by atoms with Crippen molar-refractivity contribution in [1.82, 2.24) is 4.98 Å². The molecule has 0 aliphatic carbocycles. The van der Waals surface area contributed by atoms with Crippen LogP contribution in [0.25, 0.3) is 10.1 Å². The fourth-order valence-corrected chi connectivity index (χ4v) is 4.89. The number of nitrogens with zero attached hydrogens (tertiary/aromatic N) is 1. The van der Waals surface area contributed by atoms with Crippen molar-refractivity contribution in [3.8, 4) is 0 Å². The zero-order chi connectivity index (χ0) is 16.6. The van der Waals surface area contributed by atoms with E-state index < -0.39 is 10.0 Å². The topological polar surface area (TPSA) is 59.1 Å². The van der Waals surface area contributed by atoms with Crippen LogP contribution in [0, 0.1) is 0 Å². The number of benzene rings is 1. The van der Waals surface area contributed by atoms with Gasteiger partial charge in [-0.05, 0) is 35.7 Å². The average molecular weight is 367 g/mol. The second-order valence-electron chi connectivity index (χ2n) is 5.46. The summed E-state index contributed by atoms with van der Waals surface area (Å²) in [6.07, 6.45) is 1.57. The molecule has 2 heterocycles. The highest BCUT2D eigenvalue weighted by atomic mass is 35.5. The van der Waals surface area contributed by atoms with Crippen LogP contribution in [0.4, 0.5) is 5.69 Å². The van der Waals surface area contributed by atoms with Crippen molar-refractivity contribution >= 4 is 48.7 Å². The molecule has 1 aromatic carbocycles. The fourth-order valence-electron chi connectivity index (χ4n) is 2.18. The van der Waals surface area contributed by atoms with Crippen LogP contribution in [0.15, 0.2) is 46.8 Å². The first kappa shape index (κ1) is 16.2. The molecule has 0 unspecified atom stereocenters. The van der Waals surface area contributed by atoms with Crippen LogP contribution in [-0.4, -0.2) is 13.4 Å². The number of hydrogen-bond acceptors (Lipinski definition) is 4. The van der Waals surface area contributed by atoms with E-state index in [0.29, 0.717) is 22.1 Å². The van der Waals surface area contributed by atoms with Gasteiger partial charge in [0.1, 0.15) is 9.36 Å². The van der Waals surface area contributed by atoms with Gasteiger partial charge in [0, 0.05) is 22.0 Å². The maximum Gasteiger partial charge on any atom is 0.271 e. The lowest BCUT2D eigenvalue weighted by Crippen LogP contribution is -2.11. The largest absolute Gasteiger partial charge is 0.279 e. The van der Waals surface area contributed by atoms with Crippen molar-refractivity contribution in [1.29, 1.82) is 0 Å². The Morgan fingerprint density at radius 2 is 1.87 bits per heavy atom. The number of nitrogens with one attached hydrogen (secondary N) is 1. The minimum atomic E-state index is -3.64. The quantitative estimate of drug-likeness (QED) is 0.670. The predicted octanol–water partition coefficient (Wildman–Crippen LogP) is 4.87. The van der Waals surface area contributed by atoms with Crippen molar-refractivity contribution in [2.24, 2.45) is 0 Å². The number of fused-ring (bicyclic) bond motifs is 1. The van der Waals surface area contributed by atoms with E-state index in [0.717, 1.165) is 10.3 Å². The minimum absolute atomic E-state index is 0.218. The third-order valence-corrected chi connectivity index (χ3v) is 6.73. The van der Waals surface area contributed by atoms with E-state index in [-0.39, 0.29) is 4.21 Å². The summed E-state index contributed by atoms with van der Waals surface area (Å²) in [6, 6.07) is 10.7. The van der Waals surface area contributed by atoms with Crippen molar-refractivity contribution in [2.75, 3.05) is 4.72 Å². The van der Waals surface area contributed by atoms with Gasteiger partial charge in [0.15, 0.2) is 0 Å². The van der Waals surface area contributed by atoms with Crippen LogP contribution < -0.4 is 4.72 Å². The number of hydrogen-bond donors (Lipinski definition) is 1. The summed E-state index contributed by atoms with van der Waals surface area (Å²) >= 11 is 7.18. The lowest BCUT2D eigenvalue weighted by Gasteiger charge is -2.09. The highest BCUT2D eigenvalue weighted by Gasteiger charge is 2.19. The molecule has 0 aliphatic rings. The zero-order valence-corrected chi connectivity index (χ0v) is 15.0. The Balaban J connectivity index is 1.92. The zero-order valence-electron chi connectivity index (χ0n) is 12.6. The van der Waals surface area contributed by atoms with E-state index in [4.69, 9.17) is 11.6 Å². The Morgan fingerprint density at radius 1 is 1.17 bits per heavy atom. The van der Waals surface area contributed by atoms with E-state index in [9.17, 15) is 8.42 Å². The molecule has 0 saturated heterocycles. The molecule has 0 spiro atoms. The number of aromatic nitrogens is 1. The maximum absolute atomic E-state index is 12.5. The summed E-state index contributed by atoms with van der Waals surface area (Å²) in [7, 11) is -3.64. The molecule has 0 amide bonds. The van der Waals surface area contributed by atoms with Crippen LogP contribution in [0.3, 0.4) is 0 Å². The Kier molecular flexibility index (Phi) is 4.31. The van der Waals surface area contributed by atoms with Crippen molar-refractivity contribution < 1.29 is 8.42 Å². The predicted molar refractivity (Wildman–Crippen MR) is 96.0 cm³/mol. The Bertz CT molecular complexity index is 948. The van der Waals surface area contributed by atoms with Crippen molar-refractivity contribution in [2.45, 2.75) is 24.0 Å². The third-order valence-electron chi connectivity index (χ3n) is 3.47. The second-order valence-corrected chi connectivity index (χ2v) is 8.81. The van der Waals surface area contributed by atoms with Crippen molar-refractivity contribution in [3.63, 3.8) is 0 Å². The monoisotopic (exact) mass is 366 g/mol. The van der Waals surface area contributed by atoms with Gasteiger partial charge in [-0.3, -0.25) is 4.72 Å². The highest BCUT2D eigenvalue weighted by molar-refractivity contribution is 7.94. The standard InChI is InChI=1S/C16H15ClN2O2S2/c1-10(2)11-3-5-12(6-4-11)19-23(20,21)15-9-13-14(22-15)7-8-18-16(13)17/h3-10,19H,1-2H3. The van der Waals surface area contributed by atoms with Crippen LogP contribution in [0.5, 0.6) is 0 Å². The normalized spacial score (nSPS) is 12.0. The molecular weight excluding hydrogens is 352 g/mol. The van der Waals surface area contributed by atoms with Crippen LogP contribution in [0.1, 0.15) is 25.3 Å². The van der Waals surface area contributed by atoms with Crippen LogP contribution >= 0.6 is 22.9 Å². The maximum atomic E-state index is 12.5. The molecule has 0 fully saturated rings. The molecule has 1 N–H and O–H groups in total. The van der Waals surface area contributed by atoms with Gasteiger partial charge >= 0.3 is 0 Å².